The number of ether oxygens (including phenoxy) is 2. The molecule has 2 aromatic carbocycles. The molecule has 1 amide bonds. The summed E-state index contributed by atoms with van der Waals surface area (Å²) in [6, 6.07) is 16.7. The normalized spacial score (nSPS) is 11.0. The van der Waals surface area contributed by atoms with Crippen LogP contribution in [-0.4, -0.2) is 30.7 Å². The van der Waals surface area contributed by atoms with Crippen molar-refractivity contribution < 1.29 is 19.1 Å². The van der Waals surface area contributed by atoms with Crippen LogP contribution in [0.15, 0.2) is 54.1 Å². The van der Waals surface area contributed by atoms with Crippen molar-refractivity contribution in [3.63, 3.8) is 0 Å². The molecular formula is C27H27N3O4. The van der Waals surface area contributed by atoms with E-state index < -0.39 is 11.9 Å². The van der Waals surface area contributed by atoms with E-state index in [4.69, 9.17) is 9.47 Å². The van der Waals surface area contributed by atoms with Gasteiger partial charge in [-0.3, -0.25) is 4.79 Å². The second kappa shape index (κ2) is 10.5. The number of rotatable bonds is 7. The number of esters is 1. The SMILES string of the molecule is COC(=O)c1cccc(-n2c(C)cc(/C=C(/C#N)C(=O)NCc3ccc(OC)cc3)c2C)c1C. The lowest BCUT2D eigenvalue weighted by Crippen LogP contribution is -2.23. The number of hydrogen-bond acceptors (Lipinski definition) is 5. The molecule has 0 saturated carbocycles. The molecule has 1 N–H and O–H groups in total. The van der Waals surface area contributed by atoms with E-state index in [2.05, 4.69) is 5.32 Å². The minimum atomic E-state index is -0.452. The Bertz CT molecular complexity index is 1290. The zero-order valence-electron chi connectivity index (χ0n) is 19.9. The number of amides is 1. The van der Waals surface area contributed by atoms with Crippen LogP contribution in [0.25, 0.3) is 11.8 Å². The van der Waals surface area contributed by atoms with E-state index in [0.717, 1.165) is 39.5 Å². The van der Waals surface area contributed by atoms with Crippen LogP contribution in [0.2, 0.25) is 0 Å². The van der Waals surface area contributed by atoms with Crippen molar-refractivity contribution in [2.75, 3.05) is 14.2 Å². The van der Waals surface area contributed by atoms with Crippen molar-refractivity contribution in [1.29, 1.82) is 5.26 Å². The first-order valence-electron chi connectivity index (χ1n) is 10.7. The topological polar surface area (TPSA) is 93.4 Å². The van der Waals surface area contributed by atoms with E-state index in [0.29, 0.717) is 12.1 Å². The molecule has 3 rings (SSSR count). The third kappa shape index (κ3) is 5.02. The molecule has 1 aromatic heterocycles. The van der Waals surface area contributed by atoms with E-state index in [1.807, 2.05) is 67.8 Å². The molecule has 7 nitrogen and oxygen atoms in total. The Hall–Kier alpha value is -4.31. The second-order valence-electron chi connectivity index (χ2n) is 7.80. The number of aryl methyl sites for hydroxylation is 1. The van der Waals surface area contributed by atoms with Gasteiger partial charge in [0.25, 0.3) is 5.91 Å². The molecule has 0 saturated heterocycles. The first kappa shape index (κ1) is 24.3. The summed E-state index contributed by atoms with van der Waals surface area (Å²) in [4.78, 5) is 24.8. The molecule has 34 heavy (non-hydrogen) atoms. The molecule has 0 radical (unpaired) electrons. The highest BCUT2D eigenvalue weighted by Gasteiger charge is 2.17. The van der Waals surface area contributed by atoms with Crippen molar-refractivity contribution >= 4 is 18.0 Å². The molecule has 0 aliphatic rings. The van der Waals surface area contributed by atoms with Crippen LogP contribution in [0, 0.1) is 32.1 Å². The van der Waals surface area contributed by atoms with Crippen LogP contribution in [0.3, 0.4) is 0 Å². The van der Waals surface area contributed by atoms with Gasteiger partial charge in [-0.2, -0.15) is 5.26 Å². The summed E-state index contributed by atoms with van der Waals surface area (Å²) >= 11 is 0. The highest BCUT2D eigenvalue weighted by molar-refractivity contribution is 6.01. The fourth-order valence-corrected chi connectivity index (χ4v) is 3.83. The van der Waals surface area contributed by atoms with Gasteiger partial charge in [0, 0.05) is 23.6 Å². The van der Waals surface area contributed by atoms with Crippen LogP contribution in [0.1, 0.15) is 38.4 Å². The lowest BCUT2D eigenvalue weighted by atomic mass is 10.1. The Kier molecular flexibility index (Phi) is 7.54. The number of nitrogens with zero attached hydrogens (tertiary/aromatic N) is 2. The van der Waals surface area contributed by atoms with Crippen molar-refractivity contribution in [2.24, 2.45) is 0 Å². The number of carbonyl (C=O) groups excluding carboxylic acids is 2. The number of methoxy groups -OCH3 is 2. The van der Waals surface area contributed by atoms with Crippen LogP contribution < -0.4 is 10.1 Å². The smallest absolute Gasteiger partial charge is 0.338 e. The quantitative estimate of drug-likeness (QED) is 0.322. The Labute approximate surface area is 199 Å². The molecule has 174 valence electrons. The van der Waals surface area contributed by atoms with Crippen molar-refractivity contribution in [2.45, 2.75) is 27.3 Å². The molecule has 0 bridgehead atoms. The van der Waals surface area contributed by atoms with Crippen molar-refractivity contribution in [1.82, 2.24) is 9.88 Å². The molecule has 1 heterocycles. The third-order valence-electron chi connectivity index (χ3n) is 5.70. The van der Waals surface area contributed by atoms with Gasteiger partial charge < -0.3 is 19.4 Å². The van der Waals surface area contributed by atoms with Gasteiger partial charge in [0.2, 0.25) is 0 Å². The number of nitriles is 1. The predicted molar refractivity (Wildman–Crippen MR) is 130 cm³/mol. The summed E-state index contributed by atoms with van der Waals surface area (Å²) in [5.74, 6) is -0.121. The summed E-state index contributed by atoms with van der Waals surface area (Å²) in [5, 5.41) is 12.4. The fraction of sp³-hybridized carbons (Fsp3) is 0.222. The zero-order chi connectivity index (χ0) is 24.8. The van der Waals surface area contributed by atoms with Gasteiger partial charge in [-0.25, -0.2) is 4.79 Å². The minimum absolute atomic E-state index is 0.00814. The van der Waals surface area contributed by atoms with Crippen molar-refractivity contribution in [3.05, 3.63) is 87.7 Å². The summed E-state index contributed by atoms with van der Waals surface area (Å²) in [7, 11) is 2.95. The third-order valence-corrected chi connectivity index (χ3v) is 5.70. The fourth-order valence-electron chi connectivity index (χ4n) is 3.83. The number of carbonyl (C=O) groups is 2. The molecule has 0 fully saturated rings. The highest BCUT2D eigenvalue weighted by atomic mass is 16.5. The van der Waals surface area contributed by atoms with Crippen LogP contribution >= 0.6 is 0 Å². The van der Waals surface area contributed by atoms with E-state index in [1.54, 1.807) is 25.3 Å². The Morgan fingerprint density at radius 1 is 1.09 bits per heavy atom. The molecule has 0 aliphatic carbocycles. The lowest BCUT2D eigenvalue weighted by Gasteiger charge is -2.15. The van der Waals surface area contributed by atoms with E-state index >= 15 is 0 Å². The Morgan fingerprint density at radius 2 is 1.79 bits per heavy atom. The van der Waals surface area contributed by atoms with E-state index in [9.17, 15) is 14.9 Å². The Morgan fingerprint density at radius 3 is 2.41 bits per heavy atom. The summed E-state index contributed by atoms with van der Waals surface area (Å²) in [6.45, 7) is 6.00. The minimum Gasteiger partial charge on any atom is -0.497 e. The highest BCUT2D eigenvalue weighted by Crippen LogP contribution is 2.27. The van der Waals surface area contributed by atoms with Gasteiger partial charge in [-0.1, -0.05) is 18.2 Å². The molecular weight excluding hydrogens is 430 g/mol. The summed E-state index contributed by atoms with van der Waals surface area (Å²) in [6.07, 6.45) is 1.58. The maximum atomic E-state index is 12.7. The predicted octanol–water partition coefficient (Wildman–Crippen LogP) is 4.42. The maximum absolute atomic E-state index is 12.7. The van der Waals surface area contributed by atoms with Gasteiger partial charge in [0.05, 0.1) is 19.8 Å². The standard InChI is InChI=1S/C27H27N3O4/c1-17-13-21(19(3)30(17)25-8-6-7-24(18(25)2)27(32)34-5)14-22(15-28)26(31)29-16-20-9-11-23(33-4)12-10-20/h6-14H,16H2,1-5H3,(H,29,31)/b22-14-. The molecule has 0 atom stereocenters. The first-order chi connectivity index (χ1) is 16.3. The van der Waals surface area contributed by atoms with Crippen LogP contribution in [-0.2, 0) is 16.1 Å². The Balaban J connectivity index is 1.88. The molecule has 0 aliphatic heterocycles. The average Bonchev–Trinajstić information content (AvgIpc) is 3.13. The molecule has 7 heteroatoms. The average molecular weight is 458 g/mol. The van der Waals surface area contributed by atoms with Crippen molar-refractivity contribution in [3.8, 4) is 17.5 Å². The van der Waals surface area contributed by atoms with Gasteiger partial charge in [0.15, 0.2) is 0 Å². The zero-order valence-corrected chi connectivity index (χ0v) is 19.9. The maximum Gasteiger partial charge on any atom is 0.338 e. The monoisotopic (exact) mass is 457 g/mol. The van der Waals surface area contributed by atoms with E-state index in [1.165, 1.54) is 7.11 Å². The lowest BCUT2D eigenvalue weighted by molar-refractivity contribution is -0.117. The number of nitrogens with one attached hydrogen (secondary N) is 1. The number of aromatic nitrogens is 1. The van der Waals surface area contributed by atoms with Gasteiger partial charge in [-0.15, -0.1) is 0 Å². The number of benzene rings is 2. The summed E-state index contributed by atoms with van der Waals surface area (Å²) < 4.78 is 12.0. The largest absolute Gasteiger partial charge is 0.497 e. The molecule has 0 unspecified atom stereocenters. The second-order valence-corrected chi connectivity index (χ2v) is 7.80. The van der Waals surface area contributed by atoms with Crippen LogP contribution in [0.4, 0.5) is 0 Å². The first-order valence-corrected chi connectivity index (χ1v) is 10.7. The molecule has 0 spiro atoms. The molecule has 3 aromatic rings. The van der Waals surface area contributed by atoms with Gasteiger partial charge in [-0.05, 0) is 73.9 Å². The van der Waals surface area contributed by atoms with Crippen LogP contribution in [0.5, 0.6) is 5.75 Å². The van der Waals surface area contributed by atoms with E-state index in [-0.39, 0.29) is 5.57 Å². The van der Waals surface area contributed by atoms with Gasteiger partial charge in [0.1, 0.15) is 17.4 Å². The number of hydrogen-bond donors (Lipinski definition) is 1. The summed E-state index contributed by atoms with van der Waals surface area (Å²) in [5.41, 5.74) is 5.50. The van der Waals surface area contributed by atoms with Gasteiger partial charge >= 0.3 is 5.97 Å².